The molecule has 0 aliphatic heterocycles. The van der Waals surface area contributed by atoms with Crippen LogP contribution in [-0.2, 0) is 12.8 Å². The van der Waals surface area contributed by atoms with Crippen LogP contribution >= 0.6 is 11.6 Å². The molecule has 142 valence electrons. The summed E-state index contributed by atoms with van der Waals surface area (Å²) < 4.78 is 1.90. The zero-order valence-corrected chi connectivity index (χ0v) is 16.6. The van der Waals surface area contributed by atoms with E-state index in [2.05, 4.69) is 12.0 Å². The monoisotopic (exact) mass is 383 g/mol. The fourth-order valence-corrected chi connectivity index (χ4v) is 3.49. The molecular formula is C22H26ClN3O. The molecule has 0 bridgehead atoms. The second-order valence-electron chi connectivity index (χ2n) is 6.88. The summed E-state index contributed by atoms with van der Waals surface area (Å²) in [7, 11) is 0. The first-order valence-corrected chi connectivity index (χ1v) is 10.2. The first-order chi connectivity index (χ1) is 13.2. The van der Waals surface area contributed by atoms with Gasteiger partial charge >= 0.3 is 0 Å². The van der Waals surface area contributed by atoms with Gasteiger partial charge in [0.25, 0.3) is 0 Å². The highest BCUT2D eigenvalue weighted by atomic mass is 35.5. The van der Waals surface area contributed by atoms with Crippen LogP contribution < -0.4 is 0 Å². The Morgan fingerprint density at radius 2 is 1.78 bits per heavy atom. The average Bonchev–Trinajstić information content (AvgIpc) is 3.02. The van der Waals surface area contributed by atoms with E-state index >= 15 is 0 Å². The molecule has 3 aromatic rings. The molecule has 0 radical (unpaired) electrons. The molecule has 27 heavy (non-hydrogen) atoms. The van der Waals surface area contributed by atoms with Crippen molar-refractivity contribution in [2.45, 2.75) is 58.3 Å². The predicted molar refractivity (Wildman–Crippen MR) is 110 cm³/mol. The molecule has 3 rings (SSSR count). The van der Waals surface area contributed by atoms with E-state index in [1.165, 1.54) is 0 Å². The van der Waals surface area contributed by atoms with Crippen molar-refractivity contribution in [1.82, 2.24) is 14.6 Å². The van der Waals surface area contributed by atoms with Crippen molar-refractivity contribution in [1.29, 1.82) is 0 Å². The number of ketones is 1. The molecule has 0 aliphatic carbocycles. The lowest BCUT2D eigenvalue weighted by Gasteiger charge is -2.03. The Kier molecular flexibility index (Phi) is 6.99. The lowest BCUT2D eigenvalue weighted by molar-refractivity contribution is 0.0979. The summed E-state index contributed by atoms with van der Waals surface area (Å²) in [6.45, 7) is 2.16. The van der Waals surface area contributed by atoms with Gasteiger partial charge in [0, 0.05) is 18.4 Å². The number of Topliss-reactive ketones (excluding diaryl/α,β-unsaturated/α-hetero) is 1. The number of carbonyl (C=O) groups is 1. The molecule has 1 aromatic carbocycles. The molecule has 0 unspecified atom stereocenters. The molecule has 0 aliphatic rings. The van der Waals surface area contributed by atoms with Gasteiger partial charge in [0.1, 0.15) is 11.0 Å². The molecule has 0 fully saturated rings. The minimum absolute atomic E-state index is 0.234. The van der Waals surface area contributed by atoms with Crippen molar-refractivity contribution in [2.24, 2.45) is 0 Å². The molecule has 4 nitrogen and oxygen atoms in total. The summed E-state index contributed by atoms with van der Waals surface area (Å²) in [6.07, 6.45) is 7.62. The van der Waals surface area contributed by atoms with Gasteiger partial charge in [-0.05, 0) is 31.4 Å². The summed E-state index contributed by atoms with van der Waals surface area (Å²) in [5, 5.41) is 4.91. The van der Waals surface area contributed by atoms with Gasteiger partial charge in [0.15, 0.2) is 5.78 Å². The topological polar surface area (TPSA) is 47.3 Å². The third kappa shape index (κ3) is 5.16. The number of unbranched alkanes of at least 4 members (excludes halogenated alkanes) is 3. The summed E-state index contributed by atoms with van der Waals surface area (Å²) in [5.41, 5.74) is 2.97. The minimum atomic E-state index is 0.234. The highest BCUT2D eigenvalue weighted by Gasteiger charge is 2.12. The Bertz CT molecular complexity index is 889. The zero-order valence-electron chi connectivity index (χ0n) is 15.8. The van der Waals surface area contributed by atoms with Crippen LogP contribution in [0.4, 0.5) is 0 Å². The number of imidazole rings is 1. The van der Waals surface area contributed by atoms with Crippen LogP contribution in [0.3, 0.4) is 0 Å². The Hall–Kier alpha value is -2.20. The number of hydrogen-bond donors (Lipinski definition) is 0. The van der Waals surface area contributed by atoms with Gasteiger partial charge in [-0.25, -0.2) is 9.50 Å². The largest absolute Gasteiger partial charge is 0.294 e. The van der Waals surface area contributed by atoms with E-state index < -0.39 is 0 Å². The SMILES string of the molecule is CCCc1nc(CCCCCCC(=O)c2ccccc2)n2nc(Cl)ccc12. The van der Waals surface area contributed by atoms with Crippen LogP contribution in [0.5, 0.6) is 0 Å². The number of aryl methyl sites for hydroxylation is 2. The number of fused-ring (bicyclic) bond motifs is 1. The summed E-state index contributed by atoms with van der Waals surface area (Å²) in [4.78, 5) is 16.9. The number of hydrogen-bond acceptors (Lipinski definition) is 3. The number of benzene rings is 1. The molecule has 0 atom stereocenters. The van der Waals surface area contributed by atoms with Crippen LogP contribution in [0, 0.1) is 0 Å². The van der Waals surface area contributed by atoms with E-state index in [-0.39, 0.29) is 5.78 Å². The van der Waals surface area contributed by atoms with E-state index in [1.807, 2.05) is 47.0 Å². The highest BCUT2D eigenvalue weighted by molar-refractivity contribution is 6.29. The molecule has 0 N–H and O–H groups in total. The Labute approximate surface area is 165 Å². The minimum Gasteiger partial charge on any atom is -0.294 e. The summed E-state index contributed by atoms with van der Waals surface area (Å²) >= 11 is 6.07. The second kappa shape index (κ2) is 9.65. The number of halogens is 1. The van der Waals surface area contributed by atoms with Crippen LogP contribution in [-0.4, -0.2) is 20.4 Å². The quantitative estimate of drug-likeness (QED) is 0.332. The van der Waals surface area contributed by atoms with E-state index in [4.69, 9.17) is 16.6 Å². The van der Waals surface area contributed by atoms with Crippen molar-refractivity contribution in [3.05, 3.63) is 64.7 Å². The summed E-state index contributed by atoms with van der Waals surface area (Å²) in [6, 6.07) is 13.4. The van der Waals surface area contributed by atoms with Crippen LogP contribution in [0.1, 0.15) is 67.3 Å². The molecule has 0 spiro atoms. The molecular weight excluding hydrogens is 358 g/mol. The number of rotatable bonds is 10. The molecule has 0 saturated carbocycles. The average molecular weight is 384 g/mol. The first-order valence-electron chi connectivity index (χ1n) is 9.80. The zero-order chi connectivity index (χ0) is 19.1. The van der Waals surface area contributed by atoms with Gasteiger partial charge in [0.2, 0.25) is 0 Å². The standard InChI is InChI=1S/C22H26ClN3O/c1-2-10-18-19-15-16-21(23)25-26(19)22(24-18)14-9-4-3-8-13-20(27)17-11-6-5-7-12-17/h5-7,11-12,15-16H,2-4,8-10,13-14H2,1H3. The van der Waals surface area contributed by atoms with Crippen molar-refractivity contribution < 1.29 is 4.79 Å². The van der Waals surface area contributed by atoms with Gasteiger partial charge < -0.3 is 0 Å². The van der Waals surface area contributed by atoms with Gasteiger partial charge in [-0.3, -0.25) is 4.79 Å². The predicted octanol–water partition coefficient (Wildman–Crippen LogP) is 5.71. The van der Waals surface area contributed by atoms with E-state index in [9.17, 15) is 4.79 Å². The highest BCUT2D eigenvalue weighted by Crippen LogP contribution is 2.18. The molecule has 5 heteroatoms. The smallest absolute Gasteiger partial charge is 0.162 e. The second-order valence-corrected chi connectivity index (χ2v) is 7.27. The van der Waals surface area contributed by atoms with E-state index in [0.717, 1.165) is 67.5 Å². The molecule has 0 saturated heterocycles. The maximum absolute atomic E-state index is 12.1. The van der Waals surface area contributed by atoms with Gasteiger partial charge in [0.05, 0.1) is 11.2 Å². The molecule has 2 aromatic heterocycles. The Morgan fingerprint density at radius 3 is 2.56 bits per heavy atom. The molecule has 2 heterocycles. The summed E-state index contributed by atoms with van der Waals surface area (Å²) in [5.74, 6) is 1.22. The van der Waals surface area contributed by atoms with Crippen molar-refractivity contribution in [3.8, 4) is 0 Å². The normalized spacial score (nSPS) is 11.2. The van der Waals surface area contributed by atoms with Crippen molar-refractivity contribution >= 4 is 22.9 Å². The number of aromatic nitrogens is 3. The van der Waals surface area contributed by atoms with Crippen LogP contribution in [0.2, 0.25) is 5.15 Å². The van der Waals surface area contributed by atoms with E-state index in [0.29, 0.717) is 11.6 Å². The maximum atomic E-state index is 12.1. The Balaban J connectivity index is 1.48. The maximum Gasteiger partial charge on any atom is 0.162 e. The van der Waals surface area contributed by atoms with E-state index in [1.54, 1.807) is 0 Å². The third-order valence-corrected chi connectivity index (χ3v) is 4.94. The fourth-order valence-electron chi connectivity index (χ4n) is 3.35. The first kappa shape index (κ1) is 19.6. The number of nitrogens with zero attached hydrogens (tertiary/aromatic N) is 3. The number of carbonyl (C=O) groups excluding carboxylic acids is 1. The van der Waals surface area contributed by atoms with Crippen molar-refractivity contribution in [3.63, 3.8) is 0 Å². The van der Waals surface area contributed by atoms with Gasteiger partial charge in [-0.15, -0.1) is 0 Å². The third-order valence-electron chi connectivity index (χ3n) is 4.74. The lowest BCUT2D eigenvalue weighted by Crippen LogP contribution is -2.00. The Morgan fingerprint density at radius 1 is 1.00 bits per heavy atom. The van der Waals surface area contributed by atoms with Crippen LogP contribution in [0.15, 0.2) is 42.5 Å². The molecule has 0 amide bonds. The van der Waals surface area contributed by atoms with Crippen molar-refractivity contribution in [2.75, 3.05) is 0 Å². The fraction of sp³-hybridized carbons (Fsp3) is 0.409. The van der Waals surface area contributed by atoms with Gasteiger partial charge in [-0.2, -0.15) is 5.10 Å². The van der Waals surface area contributed by atoms with Gasteiger partial charge in [-0.1, -0.05) is 68.1 Å². The lowest BCUT2D eigenvalue weighted by atomic mass is 10.0. The van der Waals surface area contributed by atoms with Crippen LogP contribution in [0.25, 0.3) is 5.52 Å².